The van der Waals surface area contributed by atoms with Gasteiger partial charge in [0.2, 0.25) is 0 Å². The molecule has 1 unspecified atom stereocenters. The predicted molar refractivity (Wildman–Crippen MR) is 484 cm³/mol. The number of halogens is 14. The normalized spacial score (nSPS) is 15.0. The average molecular weight is 1880 g/mol. The molecule has 4 aliphatic heterocycles. The highest BCUT2D eigenvalue weighted by Gasteiger charge is 2.34. The number of aliphatic imine (C=N–C) groups is 4. The predicted octanol–water partition coefficient (Wildman–Crippen LogP) is 18.2. The van der Waals surface area contributed by atoms with E-state index in [0.717, 1.165) is 71.3 Å². The van der Waals surface area contributed by atoms with Crippen molar-refractivity contribution >= 4 is 105 Å². The first-order chi connectivity index (χ1) is 64.5. The van der Waals surface area contributed by atoms with Gasteiger partial charge in [0.1, 0.15) is 5.75 Å². The van der Waals surface area contributed by atoms with Gasteiger partial charge in [-0.2, -0.15) is 39.5 Å². The van der Waals surface area contributed by atoms with Crippen molar-refractivity contribution in [2.45, 2.75) is 71.5 Å². The Kier molecular flexibility index (Phi) is 33.7. The fourth-order valence-corrected chi connectivity index (χ4v) is 13.7. The number of methoxy groups -OCH3 is 1. The summed E-state index contributed by atoms with van der Waals surface area (Å²) in [5.41, 5.74) is 5.57. The van der Waals surface area contributed by atoms with Crippen molar-refractivity contribution in [3.8, 4) is 5.75 Å². The Bertz CT molecular complexity index is 6050. The minimum absolute atomic E-state index is 0.00163. The molecule has 7 aromatic heterocycles. The summed E-state index contributed by atoms with van der Waals surface area (Å²) in [6.45, 7) is 14.1. The van der Waals surface area contributed by atoms with Crippen molar-refractivity contribution in [1.29, 1.82) is 0 Å². The van der Waals surface area contributed by atoms with E-state index in [1.54, 1.807) is 75.0 Å². The zero-order valence-corrected chi connectivity index (χ0v) is 73.2. The molecule has 28 nitrogen and oxygen atoms in total. The van der Waals surface area contributed by atoms with Crippen LogP contribution in [0.4, 0.5) is 126 Å². The monoisotopic (exact) mass is 1880 g/mol. The molecule has 4 saturated heterocycles. The molecule has 134 heavy (non-hydrogen) atoms. The van der Waals surface area contributed by atoms with Crippen LogP contribution in [0.1, 0.15) is 80.8 Å². The highest BCUT2D eigenvalue weighted by molar-refractivity contribution is 6.30. The van der Waals surface area contributed by atoms with Crippen LogP contribution in [0.3, 0.4) is 0 Å². The first-order valence-corrected chi connectivity index (χ1v) is 42.2. The number of aromatic nitrogens is 11. The fraction of sp³-hybridized carbons (Fsp3) is 0.293. The Morgan fingerprint density at radius 1 is 0.403 bits per heavy atom. The summed E-state index contributed by atoms with van der Waals surface area (Å²) in [4.78, 5) is 71.0. The van der Waals surface area contributed by atoms with Gasteiger partial charge in [-0.25, -0.2) is 57.4 Å². The standard InChI is InChI=1S/C23H23ClFN5O2.3C23H22F4N6O/c1-31-21-12-19(28-18-4-2-3-17(24)11-18)6-5-16(21)13-26-15-22-27-14-20(25)23(29-22)30-7-9-32-10-8-30;1-15-9-18(31-17-4-2-3-16(10-17)23(25,26)27)11-29-20(15)13-28-14-21-30-12-19(24)22(32-21)33-5-7-34-8-6-33;1-15-21(24)22(33-7-9-34-10-8-33)32-20(30-15)14-28-12-18-5-6-19(13-29-18)31-17-4-2-3-16(11-17)23(25,26)27;1-15-14-34-8-7-33(15)22-20(24)12-30-21(32-22)13-28-10-18-5-6-19(11-29-18)31-17-4-2-3-16(9-17)23(25,26)27/h2-6,11-14,28H,7-10,15H2,1H3;2-4,9-13,31H,5-8,14H2,1H3;2-6,11-13,31H,7-10,14H2,1H3;2-6,9-12,15,31H,7-8,13-14H2,1H3. The number of pyridine rings is 3. The molecule has 1 atom stereocenters. The summed E-state index contributed by atoms with van der Waals surface area (Å²) in [6.07, 6.45) is 1.06. The summed E-state index contributed by atoms with van der Waals surface area (Å²) in [5, 5.41) is 12.7. The molecule has 700 valence electrons. The number of alkyl halides is 9. The molecular formula is C92H89ClF13N23O5. The Labute approximate surface area is 766 Å². The molecule has 0 aliphatic carbocycles. The van der Waals surface area contributed by atoms with Crippen LogP contribution in [0.2, 0.25) is 5.02 Å². The second kappa shape index (κ2) is 46.4. The van der Waals surface area contributed by atoms with Gasteiger partial charge in [0.25, 0.3) is 0 Å². The molecule has 0 spiro atoms. The van der Waals surface area contributed by atoms with Crippen molar-refractivity contribution < 1.29 is 80.8 Å². The van der Waals surface area contributed by atoms with Crippen LogP contribution in [-0.4, -0.2) is 192 Å². The van der Waals surface area contributed by atoms with E-state index in [0.29, 0.717) is 190 Å². The minimum atomic E-state index is -4.41. The van der Waals surface area contributed by atoms with E-state index in [2.05, 4.69) is 96.1 Å². The molecule has 0 bridgehead atoms. The molecular weight excluding hydrogens is 1790 g/mol. The van der Waals surface area contributed by atoms with Crippen LogP contribution in [0, 0.1) is 37.1 Å². The lowest BCUT2D eigenvalue weighted by atomic mass is 10.1. The zero-order chi connectivity index (χ0) is 94.7. The second-order valence-electron chi connectivity index (χ2n) is 30.1. The van der Waals surface area contributed by atoms with Crippen molar-refractivity contribution in [2.24, 2.45) is 20.0 Å². The van der Waals surface area contributed by atoms with Crippen molar-refractivity contribution in [3.63, 3.8) is 0 Å². The topological polar surface area (TPSA) is 298 Å². The van der Waals surface area contributed by atoms with Crippen molar-refractivity contribution in [2.75, 3.05) is 147 Å². The van der Waals surface area contributed by atoms with Gasteiger partial charge in [-0.1, -0.05) is 35.9 Å². The largest absolute Gasteiger partial charge is 0.496 e. The van der Waals surface area contributed by atoms with E-state index in [9.17, 15) is 57.1 Å². The van der Waals surface area contributed by atoms with E-state index in [4.69, 9.17) is 35.3 Å². The van der Waals surface area contributed by atoms with Gasteiger partial charge in [0.15, 0.2) is 69.8 Å². The smallest absolute Gasteiger partial charge is 0.416 e. The Balaban J connectivity index is 0.000000152. The lowest BCUT2D eigenvalue weighted by molar-refractivity contribution is -0.138. The van der Waals surface area contributed by atoms with Crippen LogP contribution in [-0.2, 0) is 63.7 Å². The van der Waals surface area contributed by atoms with E-state index in [1.807, 2.05) is 75.9 Å². The van der Waals surface area contributed by atoms with Gasteiger partial charge < -0.3 is 64.6 Å². The first kappa shape index (κ1) is 97.5. The van der Waals surface area contributed by atoms with Crippen molar-refractivity contribution in [3.05, 3.63) is 285 Å². The maximum atomic E-state index is 14.5. The van der Waals surface area contributed by atoms with Gasteiger partial charge in [0, 0.05) is 116 Å². The average Bonchev–Trinajstić information content (AvgIpc) is 0.823. The molecule has 0 radical (unpaired) electrons. The Hall–Kier alpha value is -14.0. The van der Waals surface area contributed by atoms with Gasteiger partial charge in [-0.3, -0.25) is 34.9 Å². The molecule has 4 aliphatic rings. The van der Waals surface area contributed by atoms with Crippen LogP contribution < -0.4 is 45.6 Å². The number of morpholine rings is 4. The first-order valence-electron chi connectivity index (χ1n) is 41.8. The van der Waals surface area contributed by atoms with Crippen LogP contribution in [0.5, 0.6) is 5.75 Å². The Morgan fingerprint density at radius 3 is 1.25 bits per heavy atom. The van der Waals surface area contributed by atoms with Gasteiger partial charge in [-0.15, -0.1) is 0 Å². The summed E-state index contributed by atoms with van der Waals surface area (Å²) >= 11 is 6.04. The maximum absolute atomic E-state index is 14.5. The van der Waals surface area contributed by atoms with Crippen LogP contribution in [0.15, 0.2) is 203 Å². The quantitative estimate of drug-likeness (QED) is 0.0305. The van der Waals surface area contributed by atoms with Gasteiger partial charge >= 0.3 is 18.5 Å². The molecule has 4 N–H and O–H groups in total. The van der Waals surface area contributed by atoms with E-state index in [-0.39, 0.29) is 55.4 Å². The SMILES string of the molecule is CC1COCCN1c1nc(CN=Cc2ccc(Nc3cccc(C(F)(F)F)c3)cn2)ncc1F.COc1cc(Nc2cccc(Cl)c2)ccc1C=NCc1ncc(F)c(N2CCOCC2)n1.Cc1cc(Nc2cccc(C(F)(F)F)c2)cnc1C=NCc1ncc(F)c(N2CCOCC2)n1.Cc1nc(CN=Cc2ccc(Nc3cccc(C(F)(F)F)c3)cn2)nc(N2CCOCC2)c1F. The third-order valence-corrected chi connectivity index (χ3v) is 20.5. The number of rotatable bonds is 25. The summed E-state index contributed by atoms with van der Waals surface area (Å²) in [5.74, 6) is 1.39. The number of anilines is 12. The molecule has 11 heterocycles. The third kappa shape index (κ3) is 28.5. The second-order valence-corrected chi connectivity index (χ2v) is 30.5. The third-order valence-electron chi connectivity index (χ3n) is 20.2. The van der Waals surface area contributed by atoms with Crippen LogP contribution >= 0.6 is 11.6 Å². The summed E-state index contributed by atoms with van der Waals surface area (Å²) in [6, 6.07) is 36.5. The lowest BCUT2D eigenvalue weighted by Crippen LogP contribution is -2.44. The van der Waals surface area contributed by atoms with Crippen LogP contribution in [0.25, 0.3) is 0 Å². The van der Waals surface area contributed by atoms with Crippen molar-refractivity contribution in [1.82, 2.24) is 54.8 Å². The van der Waals surface area contributed by atoms with Gasteiger partial charge in [0.05, 0.1) is 186 Å². The summed E-state index contributed by atoms with van der Waals surface area (Å²) in [7, 11) is 1.60. The maximum Gasteiger partial charge on any atom is 0.416 e. The fourth-order valence-electron chi connectivity index (χ4n) is 13.5. The number of hydrogen-bond acceptors (Lipinski definition) is 28. The Morgan fingerprint density at radius 2 is 0.799 bits per heavy atom. The number of benzene rings is 5. The molecule has 12 aromatic rings. The molecule has 0 amide bonds. The molecule has 0 saturated carbocycles. The number of aryl methyl sites for hydroxylation is 2. The molecule has 42 heteroatoms. The molecule has 5 aromatic carbocycles. The van der Waals surface area contributed by atoms with Gasteiger partial charge in [-0.05, 0) is 142 Å². The lowest BCUT2D eigenvalue weighted by Gasteiger charge is -2.34. The zero-order valence-electron chi connectivity index (χ0n) is 72.5. The molecule has 16 rings (SSSR count). The van der Waals surface area contributed by atoms with E-state index in [1.165, 1.54) is 55.4 Å². The number of nitrogens with zero attached hydrogens (tertiary/aromatic N) is 19. The molecule has 4 fully saturated rings. The number of hydrogen-bond donors (Lipinski definition) is 4. The van der Waals surface area contributed by atoms with E-state index >= 15 is 0 Å². The minimum Gasteiger partial charge on any atom is -0.496 e. The number of nitrogens with one attached hydrogen (secondary N) is 4. The highest BCUT2D eigenvalue weighted by atomic mass is 35.5. The summed E-state index contributed by atoms with van der Waals surface area (Å²) < 4.78 is 200. The number of ether oxygens (including phenoxy) is 5. The van der Waals surface area contributed by atoms with E-state index < -0.39 is 58.5 Å². The highest BCUT2D eigenvalue weighted by Crippen LogP contribution is 2.36.